The Bertz CT molecular complexity index is 513. The number of piperidine rings is 1. The van der Waals surface area contributed by atoms with Gasteiger partial charge >= 0.3 is 0 Å². The lowest BCUT2D eigenvalue weighted by Crippen LogP contribution is -2.50. The van der Waals surface area contributed by atoms with Gasteiger partial charge in [-0.05, 0) is 18.8 Å². The molecule has 3 nitrogen and oxygen atoms in total. The molecule has 1 fully saturated rings. The van der Waals surface area contributed by atoms with Crippen LogP contribution < -0.4 is 5.73 Å². The summed E-state index contributed by atoms with van der Waals surface area (Å²) in [5.74, 6) is -3.68. The average molecular weight is 300 g/mol. The second-order valence-corrected chi connectivity index (χ2v) is 5.43. The van der Waals surface area contributed by atoms with Crippen molar-refractivity contribution >= 4 is 5.91 Å². The van der Waals surface area contributed by atoms with Gasteiger partial charge in [0.2, 0.25) is 0 Å². The van der Waals surface area contributed by atoms with Crippen LogP contribution in [0.25, 0.3) is 0 Å². The Morgan fingerprint density at radius 1 is 1.33 bits per heavy atom. The number of amides is 1. The number of rotatable bonds is 3. The van der Waals surface area contributed by atoms with Crippen molar-refractivity contribution in [2.24, 2.45) is 11.7 Å². The van der Waals surface area contributed by atoms with Crippen molar-refractivity contribution in [3.05, 3.63) is 35.1 Å². The van der Waals surface area contributed by atoms with Crippen molar-refractivity contribution < 1.29 is 18.0 Å². The smallest absolute Gasteiger partial charge is 0.260 e. The highest BCUT2D eigenvalue weighted by Gasteiger charge is 2.33. The van der Waals surface area contributed by atoms with Gasteiger partial charge in [-0.15, -0.1) is 0 Å². The lowest BCUT2D eigenvalue weighted by atomic mass is 9.88. The van der Waals surface area contributed by atoms with Crippen LogP contribution in [0.5, 0.6) is 0 Å². The molecule has 0 radical (unpaired) electrons. The molecule has 2 N–H and O–H groups in total. The number of carbonyl (C=O) groups excluding carboxylic acids is 1. The summed E-state index contributed by atoms with van der Waals surface area (Å²) in [5.41, 5.74) is 4.98. The molecule has 1 heterocycles. The first-order chi connectivity index (χ1) is 9.97. The van der Waals surface area contributed by atoms with E-state index in [4.69, 9.17) is 5.73 Å². The van der Waals surface area contributed by atoms with E-state index >= 15 is 0 Å². The molecule has 0 aromatic heterocycles. The zero-order chi connectivity index (χ0) is 15.6. The molecule has 2 rings (SSSR count). The van der Waals surface area contributed by atoms with Gasteiger partial charge in [-0.2, -0.15) is 0 Å². The van der Waals surface area contributed by atoms with Gasteiger partial charge in [0.1, 0.15) is 23.0 Å². The van der Waals surface area contributed by atoms with E-state index in [0.717, 1.165) is 19.3 Å². The van der Waals surface area contributed by atoms with Crippen LogP contribution in [0.15, 0.2) is 12.1 Å². The van der Waals surface area contributed by atoms with Crippen molar-refractivity contribution in [3.63, 3.8) is 0 Å². The predicted octanol–water partition coefficient (Wildman–Crippen LogP) is 2.69. The van der Waals surface area contributed by atoms with Crippen LogP contribution in [0.4, 0.5) is 13.2 Å². The summed E-state index contributed by atoms with van der Waals surface area (Å²) in [5, 5.41) is 0. The van der Waals surface area contributed by atoms with Crippen LogP contribution in [-0.2, 0) is 0 Å². The number of likely N-dealkylation sites (tertiary alicyclic amines) is 1. The molecule has 1 aromatic carbocycles. The van der Waals surface area contributed by atoms with Crippen LogP contribution in [0.2, 0.25) is 0 Å². The molecule has 116 valence electrons. The molecule has 21 heavy (non-hydrogen) atoms. The van der Waals surface area contributed by atoms with Crippen molar-refractivity contribution in [2.75, 3.05) is 13.1 Å². The number of benzene rings is 1. The molecule has 2 unspecified atom stereocenters. The van der Waals surface area contributed by atoms with Crippen molar-refractivity contribution in [3.8, 4) is 0 Å². The van der Waals surface area contributed by atoms with Crippen molar-refractivity contribution in [1.29, 1.82) is 0 Å². The van der Waals surface area contributed by atoms with Gasteiger partial charge in [0.15, 0.2) is 0 Å². The summed E-state index contributed by atoms with van der Waals surface area (Å²) >= 11 is 0. The molecule has 0 spiro atoms. The van der Waals surface area contributed by atoms with E-state index in [0.29, 0.717) is 24.6 Å². The van der Waals surface area contributed by atoms with Crippen LogP contribution in [0.3, 0.4) is 0 Å². The zero-order valence-electron chi connectivity index (χ0n) is 11.9. The first-order valence-electron chi connectivity index (χ1n) is 7.13. The molecule has 6 heteroatoms. The molecule has 0 bridgehead atoms. The topological polar surface area (TPSA) is 46.3 Å². The van der Waals surface area contributed by atoms with E-state index in [2.05, 4.69) is 6.92 Å². The molecule has 2 atom stereocenters. The summed E-state index contributed by atoms with van der Waals surface area (Å²) < 4.78 is 40.4. The molecule has 1 aliphatic heterocycles. The zero-order valence-corrected chi connectivity index (χ0v) is 11.9. The summed E-state index contributed by atoms with van der Waals surface area (Å²) in [6, 6.07) is 0.805. The minimum Gasteiger partial charge on any atom is -0.334 e. The normalized spacial score (nSPS) is 22.4. The number of hydrogen-bond donors (Lipinski definition) is 1. The molecular weight excluding hydrogens is 281 g/mol. The third-order valence-electron chi connectivity index (χ3n) is 4.16. The first-order valence-corrected chi connectivity index (χ1v) is 7.13. The molecule has 1 aliphatic rings. The minimum absolute atomic E-state index is 0.236. The highest BCUT2D eigenvalue weighted by molar-refractivity contribution is 5.95. The Kier molecular flexibility index (Phi) is 4.88. The summed E-state index contributed by atoms with van der Waals surface area (Å²) in [7, 11) is 0. The van der Waals surface area contributed by atoms with Gasteiger partial charge < -0.3 is 10.6 Å². The Morgan fingerprint density at radius 2 is 1.95 bits per heavy atom. The highest BCUT2D eigenvalue weighted by Crippen LogP contribution is 2.27. The SMILES string of the molecule is CCC1CCN(C(=O)c2c(F)cc(F)cc2F)C(CN)C1. The maximum atomic E-state index is 13.7. The number of nitrogens with zero attached hydrogens (tertiary/aromatic N) is 1. The fourth-order valence-electron chi connectivity index (χ4n) is 2.89. The Balaban J connectivity index is 2.27. The van der Waals surface area contributed by atoms with Crippen LogP contribution in [-0.4, -0.2) is 29.9 Å². The molecule has 1 saturated heterocycles. The number of carbonyl (C=O) groups is 1. The van der Waals surface area contributed by atoms with Gasteiger partial charge in [0, 0.05) is 31.3 Å². The summed E-state index contributed by atoms with van der Waals surface area (Å²) in [6.45, 7) is 2.72. The third kappa shape index (κ3) is 3.20. The predicted molar refractivity (Wildman–Crippen MR) is 73.2 cm³/mol. The van der Waals surface area contributed by atoms with Crippen LogP contribution in [0.1, 0.15) is 36.5 Å². The fraction of sp³-hybridized carbons (Fsp3) is 0.533. The fourth-order valence-corrected chi connectivity index (χ4v) is 2.89. The quantitative estimate of drug-likeness (QED) is 0.933. The van der Waals surface area contributed by atoms with E-state index in [1.165, 1.54) is 4.90 Å². The maximum Gasteiger partial charge on any atom is 0.260 e. The van der Waals surface area contributed by atoms with Gasteiger partial charge in [-0.25, -0.2) is 13.2 Å². The second-order valence-electron chi connectivity index (χ2n) is 5.43. The van der Waals surface area contributed by atoms with E-state index < -0.39 is 28.9 Å². The largest absolute Gasteiger partial charge is 0.334 e. The van der Waals surface area contributed by atoms with Gasteiger partial charge in [-0.3, -0.25) is 4.79 Å². The van der Waals surface area contributed by atoms with E-state index in [1.807, 2.05) is 0 Å². The maximum absolute atomic E-state index is 13.7. The second kappa shape index (κ2) is 6.47. The Hall–Kier alpha value is -1.56. The number of halogens is 3. The van der Waals surface area contributed by atoms with Crippen molar-refractivity contribution in [1.82, 2.24) is 4.90 Å². The highest BCUT2D eigenvalue weighted by atomic mass is 19.1. The monoisotopic (exact) mass is 300 g/mol. The number of hydrogen-bond acceptors (Lipinski definition) is 2. The molecule has 0 saturated carbocycles. The molecular formula is C15H19F3N2O. The third-order valence-corrected chi connectivity index (χ3v) is 4.16. The van der Waals surface area contributed by atoms with Crippen LogP contribution in [0, 0.1) is 23.4 Å². The standard InChI is InChI=1S/C15H19F3N2O/c1-2-9-3-4-20(11(5-9)8-19)15(21)14-12(17)6-10(16)7-13(14)18/h6-7,9,11H,2-5,8,19H2,1H3. The minimum atomic E-state index is -1.18. The summed E-state index contributed by atoms with van der Waals surface area (Å²) in [4.78, 5) is 13.8. The number of nitrogens with two attached hydrogens (primary N) is 1. The Labute approximate surface area is 121 Å². The Morgan fingerprint density at radius 3 is 2.48 bits per heavy atom. The molecule has 1 aromatic rings. The van der Waals surface area contributed by atoms with Crippen LogP contribution >= 0.6 is 0 Å². The van der Waals surface area contributed by atoms with E-state index in [1.54, 1.807) is 0 Å². The van der Waals surface area contributed by atoms with E-state index in [9.17, 15) is 18.0 Å². The van der Waals surface area contributed by atoms with Crippen molar-refractivity contribution in [2.45, 2.75) is 32.2 Å². The summed E-state index contributed by atoms with van der Waals surface area (Å²) in [6.07, 6.45) is 2.49. The first kappa shape index (κ1) is 15.8. The molecule has 0 aliphatic carbocycles. The molecule has 1 amide bonds. The van der Waals surface area contributed by atoms with Gasteiger partial charge in [-0.1, -0.05) is 13.3 Å². The average Bonchev–Trinajstić information content (AvgIpc) is 2.45. The lowest BCUT2D eigenvalue weighted by Gasteiger charge is -2.39. The van der Waals surface area contributed by atoms with Gasteiger partial charge in [0.05, 0.1) is 0 Å². The van der Waals surface area contributed by atoms with E-state index in [-0.39, 0.29) is 12.6 Å². The van der Waals surface area contributed by atoms with Gasteiger partial charge in [0.25, 0.3) is 5.91 Å². The lowest BCUT2D eigenvalue weighted by molar-refractivity contribution is 0.0548.